The van der Waals surface area contributed by atoms with Gasteiger partial charge in [0.1, 0.15) is 5.75 Å². The summed E-state index contributed by atoms with van der Waals surface area (Å²) in [6, 6.07) is 7.07. The molecule has 0 bridgehead atoms. The van der Waals surface area contributed by atoms with Crippen molar-refractivity contribution < 1.29 is 4.74 Å². The standard InChI is InChI=1S/C13H19NO/c1-9-12-6-5-11(15-3)8-10(12)4-7-13(9)14-2/h5-6,8-9,13-14H,4,7H2,1-3H3. The lowest BCUT2D eigenvalue weighted by Gasteiger charge is -2.31. The van der Waals surface area contributed by atoms with Crippen molar-refractivity contribution in [1.29, 1.82) is 0 Å². The van der Waals surface area contributed by atoms with Crippen molar-refractivity contribution in [3.05, 3.63) is 29.3 Å². The molecule has 2 unspecified atom stereocenters. The zero-order valence-electron chi connectivity index (χ0n) is 9.71. The van der Waals surface area contributed by atoms with Gasteiger partial charge in [-0.25, -0.2) is 0 Å². The Morgan fingerprint density at radius 2 is 2.20 bits per heavy atom. The van der Waals surface area contributed by atoms with E-state index in [4.69, 9.17) is 4.74 Å². The average Bonchev–Trinajstić information content (AvgIpc) is 2.29. The van der Waals surface area contributed by atoms with Gasteiger partial charge in [0.25, 0.3) is 0 Å². The lowest BCUT2D eigenvalue weighted by molar-refractivity contribution is 0.407. The van der Waals surface area contributed by atoms with Gasteiger partial charge in [-0.05, 0) is 49.1 Å². The first kappa shape index (κ1) is 10.5. The SMILES string of the molecule is CNC1CCc2cc(OC)ccc2C1C. The predicted molar refractivity (Wildman–Crippen MR) is 62.6 cm³/mol. The summed E-state index contributed by atoms with van der Waals surface area (Å²) in [5.41, 5.74) is 2.93. The predicted octanol–water partition coefficient (Wildman–Crippen LogP) is 2.33. The number of nitrogens with one attached hydrogen (secondary N) is 1. The Balaban J connectivity index is 2.33. The summed E-state index contributed by atoms with van der Waals surface area (Å²) in [5, 5.41) is 3.39. The van der Waals surface area contributed by atoms with Crippen molar-refractivity contribution in [3.63, 3.8) is 0 Å². The molecule has 2 nitrogen and oxygen atoms in total. The topological polar surface area (TPSA) is 21.3 Å². The fourth-order valence-corrected chi connectivity index (χ4v) is 2.54. The van der Waals surface area contributed by atoms with Crippen LogP contribution in [0.3, 0.4) is 0 Å². The van der Waals surface area contributed by atoms with Crippen LogP contribution in [0.4, 0.5) is 0 Å². The van der Waals surface area contributed by atoms with Crippen LogP contribution >= 0.6 is 0 Å². The van der Waals surface area contributed by atoms with Crippen LogP contribution in [0.1, 0.15) is 30.4 Å². The van der Waals surface area contributed by atoms with Crippen molar-refractivity contribution in [2.75, 3.05) is 14.2 Å². The van der Waals surface area contributed by atoms with Crippen molar-refractivity contribution in [3.8, 4) is 5.75 Å². The molecule has 0 spiro atoms. The number of benzene rings is 1. The molecular formula is C13H19NO. The number of ether oxygens (including phenoxy) is 1. The van der Waals surface area contributed by atoms with E-state index in [1.807, 2.05) is 0 Å². The van der Waals surface area contributed by atoms with E-state index in [0.717, 1.165) is 12.2 Å². The summed E-state index contributed by atoms with van der Waals surface area (Å²) in [6.07, 6.45) is 2.38. The maximum atomic E-state index is 5.25. The minimum Gasteiger partial charge on any atom is -0.497 e. The zero-order chi connectivity index (χ0) is 10.8. The molecule has 1 aliphatic rings. The molecule has 15 heavy (non-hydrogen) atoms. The third-order valence-corrected chi connectivity index (χ3v) is 3.54. The Labute approximate surface area is 91.6 Å². The van der Waals surface area contributed by atoms with E-state index in [-0.39, 0.29) is 0 Å². The third kappa shape index (κ3) is 1.86. The molecule has 82 valence electrons. The Hall–Kier alpha value is -1.02. The molecule has 1 aromatic rings. The highest BCUT2D eigenvalue weighted by atomic mass is 16.5. The van der Waals surface area contributed by atoms with Gasteiger partial charge in [-0.3, -0.25) is 0 Å². The van der Waals surface area contributed by atoms with E-state index in [2.05, 4.69) is 37.5 Å². The first-order valence-corrected chi connectivity index (χ1v) is 5.60. The fourth-order valence-electron chi connectivity index (χ4n) is 2.54. The van der Waals surface area contributed by atoms with E-state index >= 15 is 0 Å². The Kier molecular flexibility index (Phi) is 2.96. The summed E-state index contributed by atoms with van der Waals surface area (Å²) >= 11 is 0. The molecular weight excluding hydrogens is 186 g/mol. The summed E-state index contributed by atoms with van der Waals surface area (Å²) in [5.74, 6) is 1.58. The molecule has 0 aliphatic heterocycles. The zero-order valence-corrected chi connectivity index (χ0v) is 9.71. The monoisotopic (exact) mass is 205 g/mol. The van der Waals surface area contributed by atoms with E-state index < -0.39 is 0 Å². The van der Waals surface area contributed by atoms with Gasteiger partial charge in [0.05, 0.1) is 7.11 Å². The van der Waals surface area contributed by atoms with E-state index in [0.29, 0.717) is 12.0 Å². The van der Waals surface area contributed by atoms with Gasteiger partial charge in [-0.2, -0.15) is 0 Å². The van der Waals surface area contributed by atoms with Crippen LogP contribution in [0.2, 0.25) is 0 Å². The first-order chi connectivity index (χ1) is 7.26. The fraction of sp³-hybridized carbons (Fsp3) is 0.538. The summed E-state index contributed by atoms with van der Waals surface area (Å²) in [6.45, 7) is 2.30. The van der Waals surface area contributed by atoms with Crippen molar-refractivity contribution in [1.82, 2.24) is 5.32 Å². The highest BCUT2D eigenvalue weighted by molar-refractivity contribution is 5.40. The van der Waals surface area contributed by atoms with Gasteiger partial charge < -0.3 is 10.1 Å². The minimum atomic E-state index is 0.602. The number of fused-ring (bicyclic) bond motifs is 1. The van der Waals surface area contributed by atoms with Crippen LogP contribution in [-0.2, 0) is 6.42 Å². The Morgan fingerprint density at radius 3 is 2.87 bits per heavy atom. The number of likely N-dealkylation sites (N-methyl/N-ethyl adjacent to an activating group) is 1. The van der Waals surface area contributed by atoms with Crippen LogP contribution < -0.4 is 10.1 Å². The Morgan fingerprint density at radius 1 is 1.40 bits per heavy atom. The van der Waals surface area contributed by atoms with Crippen molar-refractivity contribution in [2.45, 2.75) is 31.7 Å². The smallest absolute Gasteiger partial charge is 0.119 e. The number of methoxy groups -OCH3 is 1. The van der Waals surface area contributed by atoms with Crippen LogP contribution in [-0.4, -0.2) is 20.2 Å². The lowest BCUT2D eigenvalue weighted by Crippen LogP contribution is -2.34. The van der Waals surface area contributed by atoms with Gasteiger partial charge in [-0.1, -0.05) is 13.0 Å². The molecule has 0 amide bonds. The van der Waals surface area contributed by atoms with E-state index in [1.165, 1.54) is 17.5 Å². The first-order valence-electron chi connectivity index (χ1n) is 5.60. The van der Waals surface area contributed by atoms with Crippen LogP contribution in [0.25, 0.3) is 0 Å². The van der Waals surface area contributed by atoms with Gasteiger partial charge in [0.15, 0.2) is 0 Å². The molecule has 2 rings (SSSR count). The summed E-state index contributed by atoms with van der Waals surface area (Å²) in [7, 11) is 3.78. The molecule has 2 atom stereocenters. The largest absolute Gasteiger partial charge is 0.497 e. The second kappa shape index (κ2) is 4.23. The molecule has 1 N–H and O–H groups in total. The van der Waals surface area contributed by atoms with Crippen molar-refractivity contribution >= 4 is 0 Å². The number of rotatable bonds is 2. The quantitative estimate of drug-likeness (QED) is 0.800. The summed E-state index contributed by atoms with van der Waals surface area (Å²) in [4.78, 5) is 0. The molecule has 0 aromatic heterocycles. The molecule has 0 fully saturated rings. The molecule has 0 heterocycles. The molecule has 0 radical (unpaired) electrons. The number of aryl methyl sites for hydroxylation is 1. The molecule has 0 saturated heterocycles. The number of hydrogen-bond acceptors (Lipinski definition) is 2. The average molecular weight is 205 g/mol. The highest BCUT2D eigenvalue weighted by Gasteiger charge is 2.24. The second-order valence-electron chi connectivity index (χ2n) is 4.29. The molecule has 1 aliphatic carbocycles. The Bertz CT molecular complexity index is 348. The lowest BCUT2D eigenvalue weighted by atomic mass is 9.80. The molecule has 2 heteroatoms. The third-order valence-electron chi connectivity index (χ3n) is 3.54. The van der Waals surface area contributed by atoms with Crippen molar-refractivity contribution in [2.24, 2.45) is 0 Å². The normalized spacial score (nSPS) is 24.7. The molecule has 0 saturated carbocycles. The van der Waals surface area contributed by atoms with Crippen LogP contribution in [0, 0.1) is 0 Å². The highest BCUT2D eigenvalue weighted by Crippen LogP contribution is 2.33. The minimum absolute atomic E-state index is 0.602. The maximum Gasteiger partial charge on any atom is 0.119 e. The van der Waals surface area contributed by atoms with Gasteiger partial charge >= 0.3 is 0 Å². The second-order valence-corrected chi connectivity index (χ2v) is 4.29. The van der Waals surface area contributed by atoms with Gasteiger partial charge in [0, 0.05) is 6.04 Å². The molecule has 1 aromatic carbocycles. The van der Waals surface area contributed by atoms with E-state index in [1.54, 1.807) is 7.11 Å². The van der Waals surface area contributed by atoms with E-state index in [9.17, 15) is 0 Å². The summed E-state index contributed by atoms with van der Waals surface area (Å²) < 4.78 is 5.25. The number of hydrogen-bond donors (Lipinski definition) is 1. The van der Waals surface area contributed by atoms with Crippen LogP contribution in [0.5, 0.6) is 5.75 Å². The maximum absolute atomic E-state index is 5.25. The van der Waals surface area contributed by atoms with Gasteiger partial charge in [0.2, 0.25) is 0 Å². The van der Waals surface area contributed by atoms with Gasteiger partial charge in [-0.15, -0.1) is 0 Å². The van der Waals surface area contributed by atoms with Crippen LogP contribution in [0.15, 0.2) is 18.2 Å².